The number of carbonyl (C=O) groups is 2. The molecule has 0 radical (unpaired) electrons. The number of benzene rings is 3. The van der Waals surface area contributed by atoms with E-state index in [-0.39, 0.29) is 40.9 Å². The topological polar surface area (TPSA) is 174 Å². The van der Waals surface area contributed by atoms with Crippen molar-refractivity contribution in [2.45, 2.75) is 24.4 Å². The first-order chi connectivity index (χ1) is 20.8. The molecule has 2 unspecified atom stereocenters. The summed E-state index contributed by atoms with van der Waals surface area (Å²) in [5, 5.41) is 41.5. The summed E-state index contributed by atoms with van der Waals surface area (Å²) >= 11 is 0. The molecule has 3 aliphatic rings. The lowest BCUT2D eigenvalue weighted by Crippen LogP contribution is -2.42. The Kier molecular flexibility index (Phi) is 7.61. The largest absolute Gasteiger partial charge is 0.507 e. The third-order valence-electron chi connectivity index (χ3n) is 7.46. The van der Waals surface area contributed by atoms with Crippen molar-refractivity contribution in [3.8, 4) is 40.2 Å². The molecule has 0 bridgehead atoms. The fraction of sp³-hybridized carbons (Fsp3) is 0.333. The fourth-order valence-electron chi connectivity index (χ4n) is 5.24. The Balaban J connectivity index is 1.27. The molecule has 226 valence electrons. The smallest absolute Gasteiger partial charge is 0.415 e. The summed E-state index contributed by atoms with van der Waals surface area (Å²) in [7, 11) is 1.41. The maximum atomic E-state index is 13.2. The molecule has 6 rings (SSSR count). The first-order valence-corrected chi connectivity index (χ1v) is 13.5. The standard InChI is InChI=1S/C30H29NO12/c1-38-21-10-15(2-4-18(21)33)28-24(14-32)41-20-5-3-16(11-22(20)42-28)29-27(36)26(35)25-19(34)12-17(13-23(25)43-29)40-30(37)31-6-8-39-9-7-31/h2-5,10-13,24,27-29,32-34,36H,6-9,14H2,1H3/t24?,27-,28?,29+/m0/s1. The van der Waals surface area contributed by atoms with Crippen LogP contribution in [-0.4, -0.2) is 89.4 Å². The summed E-state index contributed by atoms with van der Waals surface area (Å²) < 4.78 is 34.0. The molecule has 0 saturated carbocycles. The predicted octanol–water partition coefficient (Wildman–Crippen LogP) is 2.49. The Labute approximate surface area is 245 Å². The molecule has 0 aliphatic carbocycles. The average molecular weight is 596 g/mol. The number of aliphatic hydroxyl groups is 2. The highest BCUT2D eigenvalue weighted by molar-refractivity contribution is 6.05. The van der Waals surface area contributed by atoms with Gasteiger partial charge in [0, 0.05) is 30.8 Å². The summed E-state index contributed by atoms with van der Waals surface area (Å²) in [5.74, 6) is -0.681. The second-order valence-electron chi connectivity index (χ2n) is 10.1. The molecule has 1 fully saturated rings. The third-order valence-corrected chi connectivity index (χ3v) is 7.46. The van der Waals surface area contributed by atoms with Gasteiger partial charge in [-0.2, -0.15) is 0 Å². The van der Waals surface area contributed by atoms with E-state index >= 15 is 0 Å². The van der Waals surface area contributed by atoms with E-state index in [0.717, 1.165) is 6.07 Å². The van der Waals surface area contributed by atoms with Gasteiger partial charge in [-0.3, -0.25) is 4.79 Å². The van der Waals surface area contributed by atoms with Gasteiger partial charge in [0.2, 0.25) is 5.78 Å². The minimum absolute atomic E-state index is 0.0416. The van der Waals surface area contributed by atoms with E-state index in [2.05, 4.69) is 0 Å². The number of nitrogens with zero attached hydrogens (tertiary/aromatic N) is 1. The van der Waals surface area contributed by atoms with Crippen LogP contribution in [0.2, 0.25) is 0 Å². The van der Waals surface area contributed by atoms with E-state index in [1.54, 1.807) is 30.3 Å². The maximum absolute atomic E-state index is 13.2. The van der Waals surface area contributed by atoms with E-state index in [9.17, 15) is 30.0 Å². The molecular weight excluding hydrogens is 566 g/mol. The van der Waals surface area contributed by atoms with Crippen molar-refractivity contribution in [1.82, 2.24) is 4.90 Å². The van der Waals surface area contributed by atoms with Crippen LogP contribution in [0.3, 0.4) is 0 Å². The molecule has 4 atom stereocenters. The lowest BCUT2D eigenvalue weighted by Gasteiger charge is -2.35. The molecule has 3 heterocycles. The summed E-state index contributed by atoms with van der Waals surface area (Å²) in [6, 6.07) is 11.7. The molecule has 3 aromatic carbocycles. The van der Waals surface area contributed by atoms with Crippen LogP contribution in [0.1, 0.15) is 33.7 Å². The zero-order valence-corrected chi connectivity index (χ0v) is 23.0. The van der Waals surface area contributed by atoms with Gasteiger partial charge in [0.05, 0.1) is 26.9 Å². The van der Waals surface area contributed by atoms with Gasteiger partial charge >= 0.3 is 6.09 Å². The van der Waals surface area contributed by atoms with Gasteiger partial charge in [0.1, 0.15) is 22.8 Å². The van der Waals surface area contributed by atoms with Gasteiger partial charge < -0.3 is 53.7 Å². The highest BCUT2D eigenvalue weighted by Crippen LogP contribution is 2.46. The van der Waals surface area contributed by atoms with Crippen molar-refractivity contribution in [2.24, 2.45) is 0 Å². The molecule has 0 spiro atoms. The van der Waals surface area contributed by atoms with Gasteiger partial charge in [0.25, 0.3) is 0 Å². The summed E-state index contributed by atoms with van der Waals surface area (Å²) in [6.07, 6.45) is -5.09. The average Bonchev–Trinajstić information content (AvgIpc) is 3.02. The van der Waals surface area contributed by atoms with Crippen molar-refractivity contribution < 1.29 is 58.4 Å². The van der Waals surface area contributed by atoms with Crippen LogP contribution in [0.5, 0.6) is 40.2 Å². The summed E-state index contributed by atoms with van der Waals surface area (Å²) in [5.41, 5.74) is 0.686. The maximum Gasteiger partial charge on any atom is 0.415 e. The minimum Gasteiger partial charge on any atom is -0.507 e. The molecule has 0 aromatic heterocycles. The van der Waals surface area contributed by atoms with Crippen molar-refractivity contribution in [3.05, 3.63) is 65.2 Å². The van der Waals surface area contributed by atoms with Gasteiger partial charge in [-0.05, 0) is 29.8 Å². The molecule has 43 heavy (non-hydrogen) atoms. The Bertz CT molecular complexity index is 1550. The van der Waals surface area contributed by atoms with E-state index in [0.29, 0.717) is 43.2 Å². The number of aromatic hydroxyl groups is 2. The Morgan fingerprint density at radius 2 is 1.63 bits per heavy atom. The number of morpholine rings is 1. The van der Waals surface area contributed by atoms with E-state index in [1.165, 1.54) is 24.1 Å². The number of phenols is 2. The van der Waals surface area contributed by atoms with Crippen LogP contribution in [0.15, 0.2) is 48.5 Å². The van der Waals surface area contributed by atoms with Crippen LogP contribution in [0, 0.1) is 0 Å². The lowest BCUT2D eigenvalue weighted by molar-refractivity contribution is -0.0130. The SMILES string of the molecule is COc1cc(C2Oc3cc([C@H]4Oc5cc(OC(=O)N6CCOCC6)cc(O)c5C(=O)[C@@H]4O)ccc3OC2CO)ccc1O. The Hall–Kier alpha value is -4.72. The normalized spacial score (nSPS) is 22.8. The van der Waals surface area contributed by atoms with Crippen LogP contribution in [0.4, 0.5) is 4.79 Å². The van der Waals surface area contributed by atoms with Crippen LogP contribution in [-0.2, 0) is 4.74 Å². The van der Waals surface area contributed by atoms with Crippen molar-refractivity contribution in [2.75, 3.05) is 40.0 Å². The number of methoxy groups -OCH3 is 1. The number of phenolic OH excluding ortho intramolecular Hbond substituents is 2. The van der Waals surface area contributed by atoms with Crippen LogP contribution < -0.4 is 23.7 Å². The second kappa shape index (κ2) is 11.5. The molecule has 13 nitrogen and oxygen atoms in total. The number of amides is 1. The number of hydrogen-bond acceptors (Lipinski definition) is 12. The number of aliphatic hydroxyl groups excluding tert-OH is 2. The predicted molar refractivity (Wildman–Crippen MR) is 146 cm³/mol. The first kappa shape index (κ1) is 28.4. The molecule has 1 saturated heterocycles. The van der Waals surface area contributed by atoms with E-state index < -0.39 is 42.0 Å². The molecule has 3 aliphatic heterocycles. The molecule has 13 heteroatoms. The zero-order chi connectivity index (χ0) is 30.2. The molecular formula is C30H29NO12. The van der Waals surface area contributed by atoms with Gasteiger partial charge in [-0.15, -0.1) is 0 Å². The van der Waals surface area contributed by atoms with Gasteiger partial charge in [-0.1, -0.05) is 12.1 Å². The van der Waals surface area contributed by atoms with Crippen molar-refractivity contribution >= 4 is 11.9 Å². The number of rotatable bonds is 5. The van der Waals surface area contributed by atoms with Gasteiger partial charge in [0.15, 0.2) is 47.4 Å². The Morgan fingerprint density at radius 3 is 2.37 bits per heavy atom. The number of Topliss-reactive ketones (excluding diaryl/α,β-unsaturated/α-hetero) is 1. The van der Waals surface area contributed by atoms with Crippen LogP contribution >= 0.6 is 0 Å². The fourth-order valence-corrected chi connectivity index (χ4v) is 5.24. The zero-order valence-electron chi connectivity index (χ0n) is 23.0. The summed E-state index contributed by atoms with van der Waals surface area (Å²) in [6.45, 7) is 1.09. The third kappa shape index (κ3) is 5.33. The molecule has 1 amide bonds. The van der Waals surface area contributed by atoms with Crippen molar-refractivity contribution in [3.63, 3.8) is 0 Å². The molecule has 3 aromatic rings. The van der Waals surface area contributed by atoms with E-state index in [1.807, 2.05) is 0 Å². The number of ketones is 1. The van der Waals surface area contributed by atoms with Crippen LogP contribution in [0.25, 0.3) is 0 Å². The second-order valence-corrected chi connectivity index (χ2v) is 10.1. The minimum atomic E-state index is -1.68. The highest BCUT2D eigenvalue weighted by atomic mass is 16.6. The van der Waals surface area contributed by atoms with Gasteiger partial charge in [-0.25, -0.2) is 4.79 Å². The number of fused-ring (bicyclic) bond motifs is 2. The Morgan fingerprint density at radius 1 is 0.907 bits per heavy atom. The van der Waals surface area contributed by atoms with Crippen molar-refractivity contribution in [1.29, 1.82) is 0 Å². The lowest BCUT2D eigenvalue weighted by atomic mass is 9.92. The first-order valence-electron chi connectivity index (χ1n) is 13.5. The van der Waals surface area contributed by atoms with E-state index in [4.69, 9.17) is 28.4 Å². The highest BCUT2D eigenvalue weighted by Gasteiger charge is 2.41. The summed E-state index contributed by atoms with van der Waals surface area (Å²) in [4.78, 5) is 27.2. The number of hydrogen-bond donors (Lipinski definition) is 4. The number of ether oxygens (including phenoxy) is 6. The number of carbonyl (C=O) groups excluding carboxylic acids is 2. The molecule has 4 N–H and O–H groups in total. The monoisotopic (exact) mass is 595 g/mol. The quantitative estimate of drug-likeness (QED) is 0.340.